The highest BCUT2D eigenvalue weighted by Crippen LogP contribution is 2.17. The Morgan fingerprint density at radius 2 is 1.45 bits per heavy atom. The molecule has 31 heavy (non-hydrogen) atoms. The van der Waals surface area contributed by atoms with Gasteiger partial charge in [-0.1, -0.05) is 43.7 Å². The number of rotatable bonds is 5. The third kappa shape index (κ3) is 11.4. The van der Waals surface area contributed by atoms with Crippen molar-refractivity contribution >= 4 is 17.7 Å². The van der Waals surface area contributed by atoms with Crippen molar-refractivity contribution < 1.29 is 28.6 Å². The number of cyclic esters (lactones) is 1. The van der Waals surface area contributed by atoms with Crippen LogP contribution in [0.1, 0.15) is 77.0 Å². The molecule has 1 aliphatic heterocycles. The summed E-state index contributed by atoms with van der Waals surface area (Å²) in [7, 11) is 1.59. The predicted octanol–water partition coefficient (Wildman–Crippen LogP) is 5.21. The van der Waals surface area contributed by atoms with E-state index in [1.807, 2.05) is 0 Å². The van der Waals surface area contributed by atoms with Gasteiger partial charge in [0.25, 0.3) is 0 Å². The summed E-state index contributed by atoms with van der Waals surface area (Å²) in [4.78, 5) is 28.8. The minimum Gasteiger partial charge on any atom is -0.497 e. The van der Waals surface area contributed by atoms with Gasteiger partial charge in [-0.15, -0.1) is 0 Å². The van der Waals surface area contributed by atoms with E-state index < -0.39 is 5.97 Å². The molecule has 172 valence electrons. The molecule has 0 amide bonds. The minimum absolute atomic E-state index is 0.132. The number of hydrogen-bond donors (Lipinski definition) is 0. The van der Waals surface area contributed by atoms with Crippen molar-refractivity contribution in [1.29, 1.82) is 0 Å². The fourth-order valence-corrected chi connectivity index (χ4v) is 3.37. The van der Waals surface area contributed by atoms with Crippen LogP contribution in [-0.4, -0.2) is 38.0 Å². The summed E-state index contributed by atoms with van der Waals surface area (Å²) in [5.74, 6) is 0.582. The van der Waals surface area contributed by atoms with Gasteiger partial charge in [0.05, 0.1) is 19.4 Å². The van der Waals surface area contributed by atoms with Crippen LogP contribution >= 0.6 is 0 Å². The molecule has 1 saturated heterocycles. The highest BCUT2D eigenvalue weighted by Gasteiger charge is 2.09. The molecule has 1 heterocycles. The Morgan fingerprint density at radius 1 is 0.871 bits per heavy atom. The molecule has 1 aliphatic rings. The van der Waals surface area contributed by atoms with Gasteiger partial charge >= 0.3 is 11.9 Å². The monoisotopic (exact) mass is 433 g/mol. The average molecular weight is 434 g/mol. The highest BCUT2D eigenvalue weighted by molar-refractivity contribution is 5.85. The third-order valence-corrected chi connectivity index (χ3v) is 5.16. The minimum atomic E-state index is -0.554. The summed E-state index contributed by atoms with van der Waals surface area (Å²) in [6, 6.07) is 6.96. The van der Waals surface area contributed by atoms with E-state index in [1.54, 1.807) is 31.4 Å². The third-order valence-electron chi connectivity index (χ3n) is 5.16. The van der Waals surface area contributed by atoms with E-state index in [0.29, 0.717) is 37.4 Å². The summed E-state index contributed by atoms with van der Waals surface area (Å²) in [5.41, 5.74) is 0.820. The highest BCUT2D eigenvalue weighted by atomic mass is 16.7. The predicted molar refractivity (Wildman–Crippen MR) is 118 cm³/mol. The first-order valence-corrected chi connectivity index (χ1v) is 11.4. The van der Waals surface area contributed by atoms with E-state index in [0.717, 1.165) is 37.8 Å². The Balaban J connectivity index is 1.79. The smallest absolute Gasteiger partial charge is 0.372 e. The van der Waals surface area contributed by atoms with Crippen LogP contribution in [0.5, 0.6) is 11.5 Å². The van der Waals surface area contributed by atoms with E-state index in [4.69, 9.17) is 19.0 Å². The van der Waals surface area contributed by atoms with Gasteiger partial charge in [0.1, 0.15) is 11.5 Å². The van der Waals surface area contributed by atoms with Gasteiger partial charge in [-0.2, -0.15) is 0 Å². The van der Waals surface area contributed by atoms with Gasteiger partial charge in [-0.25, -0.2) is 4.79 Å². The van der Waals surface area contributed by atoms with Crippen LogP contribution in [0.15, 0.2) is 29.4 Å². The molecule has 0 atom stereocenters. The molecular weight excluding hydrogens is 398 g/mol. The average Bonchev–Trinajstić information content (AvgIpc) is 2.79. The van der Waals surface area contributed by atoms with Crippen molar-refractivity contribution in [2.24, 2.45) is 5.16 Å². The molecular formula is C24H35NO6. The number of carbonyl (C=O) groups is 2. The number of ether oxygens (including phenoxy) is 3. The number of esters is 1. The van der Waals surface area contributed by atoms with Crippen LogP contribution in [0.25, 0.3) is 0 Å². The van der Waals surface area contributed by atoms with Gasteiger partial charge in [-0.3, -0.25) is 4.79 Å². The number of nitrogens with zero attached hydrogens (tertiary/aromatic N) is 1. The Bertz CT molecular complexity index is 686. The second-order valence-corrected chi connectivity index (χ2v) is 7.74. The molecule has 7 heteroatoms. The largest absolute Gasteiger partial charge is 0.497 e. The van der Waals surface area contributed by atoms with Crippen LogP contribution in [0, 0.1) is 0 Å². The molecule has 0 spiro atoms. The molecule has 1 fully saturated rings. The Labute approximate surface area is 185 Å². The maximum atomic E-state index is 12.0. The van der Waals surface area contributed by atoms with Crippen molar-refractivity contribution in [3.05, 3.63) is 24.3 Å². The summed E-state index contributed by atoms with van der Waals surface area (Å²) in [6.45, 7) is 0.146. The van der Waals surface area contributed by atoms with E-state index in [2.05, 4.69) is 5.16 Å². The van der Waals surface area contributed by atoms with Gasteiger partial charge in [0.2, 0.25) is 0 Å². The quantitative estimate of drug-likeness (QED) is 0.360. The van der Waals surface area contributed by atoms with Gasteiger partial charge in [-0.05, 0) is 56.4 Å². The van der Waals surface area contributed by atoms with Crippen molar-refractivity contribution in [3.8, 4) is 11.5 Å². The van der Waals surface area contributed by atoms with Crippen molar-refractivity contribution in [3.63, 3.8) is 0 Å². The van der Waals surface area contributed by atoms with Gasteiger partial charge in [0.15, 0.2) is 6.61 Å². The second-order valence-electron chi connectivity index (χ2n) is 7.74. The van der Waals surface area contributed by atoms with E-state index in [9.17, 15) is 9.59 Å². The first-order valence-electron chi connectivity index (χ1n) is 11.4. The van der Waals surface area contributed by atoms with Crippen LogP contribution < -0.4 is 9.47 Å². The zero-order valence-electron chi connectivity index (χ0n) is 18.6. The lowest BCUT2D eigenvalue weighted by Gasteiger charge is -2.09. The van der Waals surface area contributed by atoms with Crippen molar-refractivity contribution in [2.45, 2.75) is 77.0 Å². The van der Waals surface area contributed by atoms with Crippen molar-refractivity contribution in [2.75, 3.05) is 20.3 Å². The van der Waals surface area contributed by atoms with Crippen molar-refractivity contribution in [1.82, 2.24) is 0 Å². The summed E-state index contributed by atoms with van der Waals surface area (Å²) in [6.07, 6.45) is 11.5. The Hall–Kier alpha value is -2.57. The maximum Gasteiger partial charge on any atom is 0.372 e. The van der Waals surface area contributed by atoms with E-state index in [1.165, 1.54) is 25.7 Å². The van der Waals surface area contributed by atoms with Gasteiger partial charge < -0.3 is 19.0 Å². The topological polar surface area (TPSA) is 83.4 Å². The number of benzene rings is 1. The lowest BCUT2D eigenvalue weighted by molar-refractivity contribution is -0.146. The molecule has 0 N–H and O–H groups in total. The van der Waals surface area contributed by atoms with Crippen LogP contribution in [0.2, 0.25) is 0 Å². The molecule has 1 aromatic rings. The molecule has 0 aromatic heterocycles. The molecule has 0 unspecified atom stereocenters. The SMILES string of the molecule is COc1ccc(OCC(=O)O/N=C2\CCCCCCCCCCC(=O)OCCC2)cc1. The normalized spacial score (nSPS) is 18.7. The number of hydrogen-bond acceptors (Lipinski definition) is 7. The first kappa shape index (κ1) is 24.7. The Morgan fingerprint density at radius 3 is 2.13 bits per heavy atom. The van der Waals surface area contributed by atoms with E-state index >= 15 is 0 Å². The summed E-state index contributed by atoms with van der Waals surface area (Å²) >= 11 is 0. The lowest BCUT2D eigenvalue weighted by atomic mass is 10.0. The zero-order chi connectivity index (χ0) is 22.2. The lowest BCUT2D eigenvalue weighted by Crippen LogP contribution is -2.14. The van der Waals surface area contributed by atoms with Crippen LogP contribution in [-0.2, 0) is 19.2 Å². The summed E-state index contributed by atoms with van der Waals surface area (Å²) in [5, 5.41) is 4.07. The maximum absolute atomic E-state index is 12.0. The zero-order valence-corrected chi connectivity index (χ0v) is 18.6. The molecule has 7 nitrogen and oxygen atoms in total. The van der Waals surface area contributed by atoms with Gasteiger partial charge in [0, 0.05) is 6.42 Å². The second kappa shape index (κ2) is 15.3. The number of carbonyl (C=O) groups excluding carboxylic acids is 2. The fourth-order valence-electron chi connectivity index (χ4n) is 3.37. The molecule has 0 radical (unpaired) electrons. The molecule has 0 bridgehead atoms. The molecule has 0 saturated carbocycles. The summed E-state index contributed by atoms with van der Waals surface area (Å²) < 4.78 is 15.8. The van der Waals surface area contributed by atoms with Crippen LogP contribution in [0.4, 0.5) is 0 Å². The Kier molecular flexibility index (Phi) is 12.2. The fraction of sp³-hybridized carbons (Fsp3) is 0.625. The molecule has 1 aromatic carbocycles. The van der Waals surface area contributed by atoms with Crippen LogP contribution in [0.3, 0.4) is 0 Å². The van der Waals surface area contributed by atoms with E-state index in [-0.39, 0.29) is 12.6 Å². The molecule has 0 aliphatic carbocycles. The number of oxime groups is 1. The standard InChI is InChI=1S/C24H35NO6/c1-28-21-14-16-22(17-15-21)30-19-24(27)31-25-20-11-8-6-4-2-3-5-7-9-13-23(26)29-18-10-12-20/h14-17H,2-13,18-19H2,1H3/b25-20+. The number of methoxy groups -OCH3 is 1. The first-order chi connectivity index (χ1) is 15.2. The molecule has 2 rings (SSSR count).